The Bertz CT molecular complexity index is 822. The highest BCUT2D eigenvalue weighted by Gasteiger charge is 2.19. The minimum Gasteiger partial charge on any atom is -0.362 e. The van der Waals surface area contributed by atoms with Crippen LogP contribution in [-0.4, -0.2) is 24.1 Å². The summed E-state index contributed by atoms with van der Waals surface area (Å²) in [5.41, 5.74) is 3.76. The van der Waals surface area contributed by atoms with Gasteiger partial charge in [-0.3, -0.25) is 0 Å². The van der Waals surface area contributed by atoms with E-state index in [1.807, 2.05) is 19.0 Å². The number of aromatic nitrogens is 2. The molecule has 0 amide bonds. The van der Waals surface area contributed by atoms with Gasteiger partial charge in [-0.15, -0.1) is 11.3 Å². The molecular formula is C17H18ClN3S. The normalized spacial score (nSPS) is 11.1. The molecule has 0 saturated carbocycles. The Balaban J connectivity index is 2.30. The van der Waals surface area contributed by atoms with E-state index in [1.54, 1.807) is 11.3 Å². The third kappa shape index (κ3) is 2.57. The van der Waals surface area contributed by atoms with Crippen molar-refractivity contribution in [2.75, 3.05) is 19.0 Å². The Hall–Kier alpha value is -1.65. The summed E-state index contributed by atoms with van der Waals surface area (Å²) in [7, 11) is 3.96. The molecule has 1 aromatic carbocycles. The molecule has 3 nitrogen and oxygen atoms in total. The highest BCUT2D eigenvalue weighted by atomic mass is 35.5. The van der Waals surface area contributed by atoms with Crippen LogP contribution in [0.1, 0.15) is 17.4 Å². The summed E-state index contributed by atoms with van der Waals surface area (Å²) in [6.07, 6.45) is 1.05. The van der Waals surface area contributed by atoms with E-state index in [2.05, 4.69) is 48.1 Å². The lowest BCUT2D eigenvalue weighted by Crippen LogP contribution is -2.11. The van der Waals surface area contributed by atoms with Gasteiger partial charge in [0.05, 0.1) is 5.39 Å². The molecule has 0 saturated heterocycles. The van der Waals surface area contributed by atoms with E-state index in [1.165, 1.54) is 21.6 Å². The first-order valence-electron chi connectivity index (χ1n) is 7.24. The lowest BCUT2D eigenvalue weighted by atomic mass is 10.0. The van der Waals surface area contributed by atoms with Gasteiger partial charge >= 0.3 is 0 Å². The van der Waals surface area contributed by atoms with Crippen LogP contribution in [0.15, 0.2) is 24.3 Å². The average molecular weight is 332 g/mol. The first kappa shape index (κ1) is 15.3. The van der Waals surface area contributed by atoms with Crippen LogP contribution in [0.2, 0.25) is 5.28 Å². The lowest BCUT2D eigenvalue weighted by Gasteiger charge is -2.14. The molecule has 0 aliphatic carbocycles. The van der Waals surface area contributed by atoms with Gasteiger partial charge in [-0.2, -0.15) is 4.98 Å². The maximum absolute atomic E-state index is 6.07. The van der Waals surface area contributed by atoms with Crippen LogP contribution in [0.25, 0.3) is 21.3 Å². The molecule has 0 aliphatic heterocycles. The maximum Gasteiger partial charge on any atom is 0.225 e. The second kappa shape index (κ2) is 5.86. The molecule has 0 spiro atoms. The zero-order valence-electron chi connectivity index (χ0n) is 13.1. The average Bonchev–Trinajstić information content (AvgIpc) is 2.82. The summed E-state index contributed by atoms with van der Waals surface area (Å²) in [6.45, 7) is 4.29. The zero-order valence-corrected chi connectivity index (χ0v) is 14.7. The number of benzene rings is 1. The molecule has 3 rings (SSSR count). The zero-order chi connectivity index (χ0) is 15.9. The van der Waals surface area contributed by atoms with E-state index < -0.39 is 0 Å². The van der Waals surface area contributed by atoms with Gasteiger partial charge in [-0.05, 0) is 36.1 Å². The molecule has 22 heavy (non-hydrogen) atoms. The van der Waals surface area contributed by atoms with E-state index in [0.29, 0.717) is 5.28 Å². The van der Waals surface area contributed by atoms with Crippen molar-refractivity contribution < 1.29 is 0 Å². The van der Waals surface area contributed by atoms with Crippen molar-refractivity contribution in [2.24, 2.45) is 0 Å². The number of nitrogens with zero attached hydrogens (tertiary/aromatic N) is 3. The summed E-state index contributed by atoms with van der Waals surface area (Å²) in [5.74, 6) is 0.869. The van der Waals surface area contributed by atoms with Crippen molar-refractivity contribution in [1.29, 1.82) is 0 Å². The number of hydrogen-bond acceptors (Lipinski definition) is 4. The summed E-state index contributed by atoms with van der Waals surface area (Å²) in [4.78, 5) is 13.0. The van der Waals surface area contributed by atoms with Gasteiger partial charge in [-0.1, -0.05) is 31.2 Å². The molecule has 0 unspecified atom stereocenters. The van der Waals surface area contributed by atoms with Crippen LogP contribution >= 0.6 is 22.9 Å². The van der Waals surface area contributed by atoms with Gasteiger partial charge in [0.25, 0.3) is 0 Å². The number of halogens is 1. The van der Waals surface area contributed by atoms with Crippen LogP contribution < -0.4 is 4.90 Å². The highest BCUT2D eigenvalue weighted by Crippen LogP contribution is 2.41. The van der Waals surface area contributed by atoms with Crippen molar-refractivity contribution in [3.05, 3.63) is 40.0 Å². The largest absolute Gasteiger partial charge is 0.362 e. The van der Waals surface area contributed by atoms with Crippen molar-refractivity contribution in [3.63, 3.8) is 0 Å². The minimum atomic E-state index is 0.297. The first-order chi connectivity index (χ1) is 10.5. The van der Waals surface area contributed by atoms with Gasteiger partial charge in [0, 0.05) is 24.5 Å². The Kier molecular flexibility index (Phi) is 4.06. The summed E-state index contributed by atoms with van der Waals surface area (Å²) >= 11 is 7.74. The third-order valence-electron chi connectivity index (χ3n) is 3.76. The highest BCUT2D eigenvalue weighted by molar-refractivity contribution is 7.19. The standard InChI is InChI=1S/C17H18ClN3S/c1-5-11-6-8-12(9-7-11)13-10(2)22-16-14(13)15(21(3)4)19-17(18)20-16/h6-9H,5H2,1-4H3. The summed E-state index contributed by atoms with van der Waals surface area (Å²) < 4.78 is 0. The molecule has 0 atom stereocenters. The topological polar surface area (TPSA) is 29.0 Å². The Labute approximate surface area is 139 Å². The van der Waals surface area contributed by atoms with Crippen molar-refractivity contribution in [2.45, 2.75) is 20.3 Å². The van der Waals surface area contributed by atoms with E-state index >= 15 is 0 Å². The number of rotatable bonds is 3. The van der Waals surface area contributed by atoms with Gasteiger partial charge in [-0.25, -0.2) is 4.98 Å². The second-order valence-electron chi connectivity index (χ2n) is 5.47. The fourth-order valence-electron chi connectivity index (χ4n) is 2.65. The first-order valence-corrected chi connectivity index (χ1v) is 8.44. The van der Waals surface area contributed by atoms with Crippen LogP contribution in [0.5, 0.6) is 0 Å². The van der Waals surface area contributed by atoms with Crippen LogP contribution in [-0.2, 0) is 6.42 Å². The van der Waals surface area contributed by atoms with Crippen LogP contribution in [0.3, 0.4) is 0 Å². The van der Waals surface area contributed by atoms with E-state index in [4.69, 9.17) is 11.6 Å². The fourth-order valence-corrected chi connectivity index (χ4v) is 3.90. The molecule has 0 bridgehead atoms. The minimum absolute atomic E-state index is 0.297. The van der Waals surface area contributed by atoms with E-state index in [9.17, 15) is 0 Å². The molecule has 0 radical (unpaired) electrons. The van der Waals surface area contributed by atoms with E-state index in [-0.39, 0.29) is 0 Å². The Morgan fingerprint density at radius 2 is 1.82 bits per heavy atom. The summed E-state index contributed by atoms with van der Waals surface area (Å²) in [5, 5.41) is 1.38. The molecule has 2 aromatic heterocycles. The SMILES string of the molecule is CCc1ccc(-c2c(C)sc3nc(Cl)nc(N(C)C)c23)cc1. The van der Waals surface area contributed by atoms with Gasteiger partial charge in [0.2, 0.25) is 5.28 Å². The van der Waals surface area contributed by atoms with Crippen molar-refractivity contribution >= 4 is 39.0 Å². The number of anilines is 1. The van der Waals surface area contributed by atoms with Crippen molar-refractivity contribution in [1.82, 2.24) is 9.97 Å². The number of fused-ring (bicyclic) bond motifs is 1. The summed E-state index contributed by atoms with van der Waals surface area (Å²) in [6, 6.07) is 8.73. The second-order valence-corrected chi connectivity index (χ2v) is 7.02. The van der Waals surface area contributed by atoms with Crippen LogP contribution in [0.4, 0.5) is 5.82 Å². The van der Waals surface area contributed by atoms with Gasteiger partial charge < -0.3 is 4.90 Å². The van der Waals surface area contributed by atoms with Crippen molar-refractivity contribution in [3.8, 4) is 11.1 Å². The third-order valence-corrected chi connectivity index (χ3v) is 4.92. The van der Waals surface area contributed by atoms with Gasteiger partial charge in [0.1, 0.15) is 10.6 Å². The monoisotopic (exact) mass is 331 g/mol. The molecule has 0 N–H and O–H groups in total. The Morgan fingerprint density at radius 3 is 2.41 bits per heavy atom. The number of hydrogen-bond donors (Lipinski definition) is 0. The smallest absolute Gasteiger partial charge is 0.225 e. The number of aryl methyl sites for hydroxylation is 2. The molecule has 5 heteroatoms. The molecule has 2 heterocycles. The van der Waals surface area contributed by atoms with E-state index in [0.717, 1.165) is 22.5 Å². The molecule has 0 aliphatic rings. The fraction of sp³-hybridized carbons (Fsp3) is 0.294. The predicted molar refractivity (Wildman–Crippen MR) is 96.3 cm³/mol. The molecule has 0 fully saturated rings. The number of thiophene rings is 1. The Morgan fingerprint density at radius 1 is 1.14 bits per heavy atom. The molecule has 114 valence electrons. The predicted octanol–water partition coefficient (Wildman–Crippen LogP) is 4.95. The maximum atomic E-state index is 6.07. The molecular weight excluding hydrogens is 314 g/mol. The molecule has 3 aromatic rings. The van der Waals surface area contributed by atoms with Gasteiger partial charge in [0.15, 0.2) is 0 Å². The lowest BCUT2D eigenvalue weighted by molar-refractivity contribution is 1.06. The van der Waals surface area contributed by atoms with Crippen LogP contribution in [0, 0.1) is 6.92 Å². The quantitative estimate of drug-likeness (QED) is 0.636.